The molecule has 0 radical (unpaired) electrons. The zero-order valence-electron chi connectivity index (χ0n) is 17.5. The van der Waals surface area contributed by atoms with Gasteiger partial charge in [-0.05, 0) is 51.7 Å². The molecule has 7 nitrogen and oxygen atoms in total. The largest absolute Gasteiger partial charge is 0.492 e. The SMILES string of the molecule is CN=C(NCCOc1ccccc1)NCC1CCCN(C(=O)OC(C)(C)C)C1. The molecule has 0 saturated carbocycles. The van der Waals surface area contributed by atoms with Crippen molar-refractivity contribution in [2.24, 2.45) is 10.9 Å². The van der Waals surface area contributed by atoms with Crippen LogP contribution in [0.4, 0.5) is 4.79 Å². The maximum Gasteiger partial charge on any atom is 0.410 e. The first-order chi connectivity index (χ1) is 13.4. The first kappa shape index (κ1) is 21.9. The first-order valence-electron chi connectivity index (χ1n) is 9.97. The first-order valence-corrected chi connectivity index (χ1v) is 9.97. The summed E-state index contributed by atoms with van der Waals surface area (Å²) in [5.41, 5.74) is -0.462. The number of benzene rings is 1. The number of hydrogen-bond donors (Lipinski definition) is 2. The molecule has 0 bridgehead atoms. The molecular weight excluding hydrogens is 356 g/mol. The highest BCUT2D eigenvalue weighted by Gasteiger charge is 2.27. The maximum atomic E-state index is 12.3. The van der Waals surface area contributed by atoms with Gasteiger partial charge in [-0.15, -0.1) is 0 Å². The molecule has 1 aromatic rings. The minimum absolute atomic E-state index is 0.224. The van der Waals surface area contributed by atoms with Crippen molar-refractivity contribution in [3.63, 3.8) is 0 Å². The summed E-state index contributed by atoms with van der Waals surface area (Å²) in [6, 6.07) is 9.74. The smallest absolute Gasteiger partial charge is 0.410 e. The van der Waals surface area contributed by atoms with Gasteiger partial charge in [-0.25, -0.2) is 4.79 Å². The minimum Gasteiger partial charge on any atom is -0.492 e. The lowest BCUT2D eigenvalue weighted by molar-refractivity contribution is 0.0168. The van der Waals surface area contributed by atoms with E-state index in [0.717, 1.165) is 37.6 Å². The molecule has 2 rings (SSSR count). The molecule has 1 fully saturated rings. The molecule has 156 valence electrons. The highest BCUT2D eigenvalue weighted by atomic mass is 16.6. The van der Waals surface area contributed by atoms with Crippen LogP contribution >= 0.6 is 0 Å². The molecule has 1 aliphatic rings. The number of para-hydroxylation sites is 1. The van der Waals surface area contributed by atoms with E-state index in [1.54, 1.807) is 7.05 Å². The number of amides is 1. The minimum atomic E-state index is -0.462. The number of aliphatic imine (C=N–C) groups is 1. The number of carbonyl (C=O) groups is 1. The second-order valence-corrected chi connectivity index (χ2v) is 7.98. The maximum absolute atomic E-state index is 12.3. The number of nitrogens with one attached hydrogen (secondary N) is 2. The summed E-state index contributed by atoms with van der Waals surface area (Å²) in [7, 11) is 1.75. The van der Waals surface area contributed by atoms with Gasteiger partial charge in [0.05, 0.1) is 6.54 Å². The van der Waals surface area contributed by atoms with Crippen molar-refractivity contribution in [3.05, 3.63) is 30.3 Å². The molecule has 1 aromatic carbocycles. The Morgan fingerprint density at radius 3 is 2.68 bits per heavy atom. The Balaban J connectivity index is 1.68. The average Bonchev–Trinajstić information content (AvgIpc) is 2.67. The number of hydrogen-bond acceptors (Lipinski definition) is 4. The van der Waals surface area contributed by atoms with Crippen molar-refractivity contribution in [1.82, 2.24) is 15.5 Å². The van der Waals surface area contributed by atoms with Crippen LogP contribution in [0.3, 0.4) is 0 Å². The van der Waals surface area contributed by atoms with Gasteiger partial charge >= 0.3 is 6.09 Å². The van der Waals surface area contributed by atoms with Crippen molar-refractivity contribution in [1.29, 1.82) is 0 Å². The fraction of sp³-hybridized carbons (Fsp3) is 0.619. The van der Waals surface area contributed by atoms with Gasteiger partial charge in [0.1, 0.15) is 18.0 Å². The van der Waals surface area contributed by atoms with Crippen LogP contribution in [0.15, 0.2) is 35.3 Å². The number of nitrogens with zero attached hydrogens (tertiary/aromatic N) is 2. The third-order valence-corrected chi connectivity index (χ3v) is 4.36. The molecule has 7 heteroatoms. The van der Waals surface area contributed by atoms with Crippen molar-refractivity contribution >= 4 is 12.1 Å². The summed E-state index contributed by atoms with van der Waals surface area (Å²) in [5, 5.41) is 6.60. The number of guanidine groups is 1. The summed E-state index contributed by atoms with van der Waals surface area (Å²) in [6.07, 6.45) is 1.85. The fourth-order valence-corrected chi connectivity index (χ4v) is 3.04. The lowest BCUT2D eigenvalue weighted by Crippen LogP contribution is -2.47. The summed E-state index contributed by atoms with van der Waals surface area (Å²) in [5.74, 6) is 1.98. The molecule has 0 aliphatic carbocycles. The number of likely N-dealkylation sites (tertiary alicyclic amines) is 1. The van der Waals surface area contributed by atoms with E-state index in [1.807, 2.05) is 56.0 Å². The Hall–Kier alpha value is -2.44. The lowest BCUT2D eigenvalue weighted by Gasteiger charge is -2.34. The number of ether oxygens (including phenoxy) is 2. The van der Waals surface area contributed by atoms with Crippen LogP contribution in [0.1, 0.15) is 33.6 Å². The van der Waals surface area contributed by atoms with Crippen LogP contribution in [-0.2, 0) is 4.74 Å². The third kappa shape index (κ3) is 8.06. The number of rotatable bonds is 6. The second kappa shape index (κ2) is 10.8. The van der Waals surface area contributed by atoms with E-state index in [1.165, 1.54) is 0 Å². The van der Waals surface area contributed by atoms with E-state index < -0.39 is 5.60 Å². The predicted molar refractivity (Wildman–Crippen MR) is 112 cm³/mol. The fourth-order valence-electron chi connectivity index (χ4n) is 3.04. The van der Waals surface area contributed by atoms with Crippen molar-refractivity contribution < 1.29 is 14.3 Å². The normalized spacial score (nSPS) is 17.8. The molecular formula is C21H34N4O3. The van der Waals surface area contributed by atoms with Crippen molar-refractivity contribution in [2.45, 2.75) is 39.2 Å². The van der Waals surface area contributed by atoms with Crippen LogP contribution < -0.4 is 15.4 Å². The van der Waals surface area contributed by atoms with Crippen LogP contribution in [0.5, 0.6) is 5.75 Å². The standard InChI is InChI=1S/C21H34N4O3/c1-21(2,3)28-20(26)25-13-8-9-17(16-25)15-24-19(22-4)23-12-14-27-18-10-6-5-7-11-18/h5-7,10-11,17H,8-9,12-16H2,1-4H3,(H2,22,23,24). The van der Waals surface area contributed by atoms with Gasteiger partial charge in [0.15, 0.2) is 5.96 Å². The van der Waals surface area contributed by atoms with Gasteiger partial charge in [0.25, 0.3) is 0 Å². The topological polar surface area (TPSA) is 75.2 Å². The van der Waals surface area contributed by atoms with Crippen molar-refractivity contribution in [3.8, 4) is 5.75 Å². The van der Waals surface area contributed by atoms with Gasteiger partial charge in [-0.3, -0.25) is 4.99 Å². The Kier molecular flexibility index (Phi) is 8.42. The number of piperidine rings is 1. The zero-order valence-corrected chi connectivity index (χ0v) is 17.5. The van der Waals surface area contributed by atoms with Crippen LogP contribution in [0.25, 0.3) is 0 Å². The van der Waals surface area contributed by atoms with E-state index in [0.29, 0.717) is 25.6 Å². The molecule has 1 saturated heterocycles. The van der Waals surface area contributed by atoms with E-state index >= 15 is 0 Å². The van der Waals surface area contributed by atoms with Crippen molar-refractivity contribution in [2.75, 3.05) is 39.8 Å². The monoisotopic (exact) mass is 390 g/mol. The van der Waals surface area contributed by atoms with E-state index in [9.17, 15) is 4.79 Å². The van der Waals surface area contributed by atoms with Crippen LogP contribution in [0.2, 0.25) is 0 Å². The van der Waals surface area contributed by atoms with E-state index in [4.69, 9.17) is 9.47 Å². The summed E-state index contributed by atoms with van der Waals surface area (Å²) in [4.78, 5) is 18.3. The third-order valence-electron chi connectivity index (χ3n) is 4.36. The summed E-state index contributed by atoms with van der Waals surface area (Å²) in [6.45, 7) is 9.12. The molecule has 2 N–H and O–H groups in total. The van der Waals surface area contributed by atoms with Gasteiger partial charge in [-0.2, -0.15) is 0 Å². The Morgan fingerprint density at radius 2 is 2.00 bits per heavy atom. The highest BCUT2D eigenvalue weighted by Crippen LogP contribution is 2.18. The zero-order chi connectivity index (χ0) is 20.4. The highest BCUT2D eigenvalue weighted by molar-refractivity contribution is 5.79. The molecule has 1 heterocycles. The van der Waals surface area contributed by atoms with Gasteiger partial charge in [0, 0.05) is 26.7 Å². The molecule has 1 unspecified atom stereocenters. The molecule has 1 atom stereocenters. The Morgan fingerprint density at radius 1 is 1.25 bits per heavy atom. The molecule has 28 heavy (non-hydrogen) atoms. The Labute approximate surface area is 168 Å². The van der Waals surface area contributed by atoms with E-state index in [-0.39, 0.29) is 6.09 Å². The van der Waals surface area contributed by atoms with E-state index in [2.05, 4.69) is 15.6 Å². The predicted octanol–water partition coefficient (Wildman–Crippen LogP) is 2.88. The average molecular weight is 391 g/mol. The second-order valence-electron chi connectivity index (χ2n) is 7.98. The summed E-state index contributed by atoms with van der Waals surface area (Å²) >= 11 is 0. The van der Waals surface area contributed by atoms with Crippen LogP contribution in [-0.4, -0.2) is 62.4 Å². The molecule has 0 spiro atoms. The Bertz CT molecular complexity index is 628. The lowest BCUT2D eigenvalue weighted by atomic mass is 9.98. The summed E-state index contributed by atoms with van der Waals surface area (Å²) < 4.78 is 11.2. The van der Waals surface area contributed by atoms with Gasteiger partial charge in [0.2, 0.25) is 0 Å². The van der Waals surface area contributed by atoms with Gasteiger partial charge < -0.3 is 25.0 Å². The molecule has 0 aromatic heterocycles. The molecule has 1 aliphatic heterocycles. The number of carbonyl (C=O) groups excluding carboxylic acids is 1. The molecule has 1 amide bonds. The van der Waals surface area contributed by atoms with Crippen LogP contribution in [0, 0.1) is 5.92 Å². The quantitative estimate of drug-likeness (QED) is 0.444. The van der Waals surface area contributed by atoms with Gasteiger partial charge in [-0.1, -0.05) is 18.2 Å².